The van der Waals surface area contributed by atoms with E-state index in [1.165, 1.54) is 6.07 Å². The highest BCUT2D eigenvalue weighted by atomic mass is 32.1. The van der Waals surface area contributed by atoms with Crippen molar-refractivity contribution < 1.29 is 9.66 Å². The van der Waals surface area contributed by atoms with E-state index in [1.807, 2.05) is 6.92 Å². The molecular formula is C14H20N4O3S. The average molecular weight is 324 g/mol. The minimum atomic E-state index is -0.405. The number of hydrazone groups is 1. The fourth-order valence-corrected chi connectivity index (χ4v) is 2.02. The number of ether oxygens (including phenoxy) is 1. The van der Waals surface area contributed by atoms with Gasteiger partial charge in [0.2, 0.25) is 0 Å². The van der Waals surface area contributed by atoms with E-state index in [0.717, 1.165) is 0 Å². The van der Waals surface area contributed by atoms with Crippen LogP contribution in [0.15, 0.2) is 23.3 Å². The van der Waals surface area contributed by atoms with Gasteiger partial charge in [-0.1, -0.05) is 12.1 Å². The van der Waals surface area contributed by atoms with Gasteiger partial charge in [0.05, 0.1) is 17.2 Å². The Labute approximate surface area is 134 Å². The lowest BCUT2D eigenvalue weighted by Crippen LogP contribution is -2.40. The summed E-state index contributed by atoms with van der Waals surface area (Å²) in [6.07, 6.45) is 0. The molecule has 0 aliphatic carbocycles. The van der Waals surface area contributed by atoms with Gasteiger partial charge in [0.1, 0.15) is 0 Å². The SMILES string of the molecule is COC[C@H](C)NC(=S)N/N=C(/C)c1ccc(C)c([N+](=O)[O-])c1. The number of thiocarbonyl (C=S) groups is 1. The Morgan fingerprint density at radius 2 is 2.23 bits per heavy atom. The quantitative estimate of drug-likeness (QED) is 0.361. The van der Waals surface area contributed by atoms with E-state index in [-0.39, 0.29) is 11.7 Å². The number of aryl methyl sites for hydroxylation is 1. The van der Waals surface area contributed by atoms with Crippen LogP contribution in [0, 0.1) is 17.0 Å². The highest BCUT2D eigenvalue weighted by molar-refractivity contribution is 7.80. The Morgan fingerprint density at radius 1 is 1.55 bits per heavy atom. The predicted molar refractivity (Wildman–Crippen MR) is 90.3 cm³/mol. The van der Waals surface area contributed by atoms with Gasteiger partial charge in [0.25, 0.3) is 5.69 Å². The van der Waals surface area contributed by atoms with Gasteiger partial charge in [0.15, 0.2) is 5.11 Å². The van der Waals surface area contributed by atoms with Crippen LogP contribution in [0.5, 0.6) is 0 Å². The molecule has 0 saturated carbocycles. The van der Waals surface area contributed by atoms with Crippen molar-refractivity contribution in [1.29, 1.82) is 0 Å². The monoisotopic (exact) mass is 324 g/mol. The molecule has 120 valence electrons. The first kappa shape index (κ1) is 18.0. The largest absolute Gasteiger partial charge is 0.383 e. The molecule has 22 heavy (non-hydrogen) atoms. The van der Waals surface area contributed by atoms with Gasteiger partial charge >= 0.3 is 0 Å². The smallest absolute Gasteiger partial charge is 0.272 e. The second-order valence-electron chi connectivity index (χ2n) is 4.90. The Hall–Kier alpha value is -2.06. The molecule has 0 aliphatic heterocycles. The van der Waals surface area contributed by atoms with E-state index < -0.39 is 4.92 Å². The molecular weight excluding hydrogens is 304 g/mol. The number of nitrogens with zero attached hydrogens (tertiary/aromatic N) is 2. The summed E-state index contributed by atoms with van der Waals surface area (Å²) >= 11 is 5.11. The minimum absolute atomic E-state index is 0.0565. The molecule has 0 spiro atoms. The van der Waals surface area contributed by atoms with Crippen LogP contribution >= 0.6 is 12.2 Å². The number of nitrogens with one attached hydrogen (secondary N) is 2. The first-order valence-corrected chi connectivity index (χ1v) is 7.11. The standard InChI is InChI=1S/C14H20N4O3S/c1-9-5-6-12(7-13(9)18(19)20)11(3)16-17-14(22)15-10(2)8-21-4/h5-7,10H,8H2,1-4H3,(H2,15,17,22)/b16-11-/t10-/m0/s1. The Morgan fingerprint density at radius 3 is 2.82 bits per heavy atom. The summed E-state index contributed by atoms with van der Waals surface area (Å²) in [4.78, 5) is 10.5. The number of benzene rings is 1. The summed E-state index contributed by atoms with van der Waals surface area (Å²) < 4.78 is 5.00. The number of nitro benzene ring substituents is 1. The average Bonchev–Trinajstić information content (AvgIpc) is 2.45. The second kappa shape index (κ2) is 8.40. The Kier molecular flexibility index (Phi) is 6.87. The van der Waals surface area contributed by atoms with Crippen LogP contribution < -0.4 is 10.7 Å². The van der Waals surface area contributed by atoms with Crippen LogP contribution in [-0.4, -0.2) is 35.5 Å². The van der Waals surface area contributed by atoms with Crippen molar-refractivity contribution in [3.8, 4) is 0 Å². The van der Waals surface area contributed by atoms with Crippen LogP contribution in [0.4, 0.5) is 5.69 Å². The summed E-state index contributed by atoms with van der Waals surface area (Å²) in [5.74, 6) is 0. The van der Waals surface area contributed by atoms with Crippen molar-refractivity contribution in [2.75, 3.05) is 13.7 Å². The minimum Gasteiger partial charge on any atom is -0.383 e. The van der Waals surface area contributed by atoms with E-state index in [0.29, 0.717) is 28.6 Å². The van der Waals surface area contributed by atoms with E-state index in [9.17, 15) is 10.1 Å². The molecule has 0 aliphatic rings. The molecule has 0 unspecified atom stereocenters. The summed E-state index contributed by atoms with van der Waals surface area (Å²) in [5.41, 5.74) is 4.67. The third-order valence-electron chi connectivity index (χ3n) is 2.94. The molecule has 7 nitrogen and oxygen atoms in total. The highest BCUT2D eigenvalue weighted by Gasteiger charge is 2.12. The van der Waals surface area contributed by atoms with Gasteiger partial charge in [-0.25, -0.2) is 0 Å². The number of nitro groups is 1. The van der Waals surface area contributed by atoms with Crippen molar-refractivity contribution in [2.24, 2.45) is 5.10 Å². The van der Waals surface area contributed by atoms with Crippen LogP contribution in [0.1, 0.15) is 25.0 Å². The fraction of sp³-hybridized carbons (Fsp3) is 0.429. The molecule has 0 fully saturated rings. The third kappa shape index (κ3) is 5.38. The predicted octanol–water partition coefficient (Wildman–Crippen LogP) is 2.13. The summed E-state index contributed by atoms with van der Waals surface area (Å²) in [5, 5.41) is 18.5. The van der Waals surface area contributed by atoms with Crippen LogP contribution in [-0.2, 0) is 4.74 Å². The fourth-order valence-electron chi connectivity index (χ4n) is 1.78. The van der Waals surface area contributed by atoms with Crippen molar-refractivity contribution in [3.63, 3.8) is 0 Å². The number of rotatable bonds is 6. The van der Waals surface area contributed by atoms with E-state index in [4.69, 9.17) is 17.0 Å². The maximum atomic E-state index is 11.0. The first-order chi connectivity index (χ1) is 10.3. The maximum Gasteiger partial charge on any atom is 0.272 e. The maximum absolute atomic E-state index is 11.0. The number of hydrogen-bond donors (Lipinski definition) is 2. The van der Waals surface area contributed by atoms with Gasteiger partial charge in [-0.2, -0.15) is 5.10 Å². The van der Waals surface area contributed by atoms with Gasteiger partial charge in [-0.15, -0.1) is 0 Å². The number of hydrogen-bond acceptors (Lipinski definition) is 5. The van der Waals surface area contributed by atoms with Crippen molar-refractivity contribution in [1.82, 2.24) is 10.7 Å². The van der Waals surface area contributed by atoms with Crippen LogP contribution in [0.3, 0.4) is 0 Å². The van der Waals surface area contributed by atoms with Crippen LogP contribution in [0.2, 0.25) is 0 Å². The van der Waals surface area contributed by atoms with E-state index in [2.05, 4.69) is 15.8 Å². The van der Waals surface area contributed by atoms with Crippen molar-refractivity contribution >= 4 is 28.7 Å². The zero-order valence-corrected chi connectivity index (χ0v) is 13.9. The molecule has 1 atom stereocenters. The molecule has 8 heteroatoms. The molecule has 0 heterocycles. The van der Waals surface area contributed by atoms with Crippen molar-refractivity contribution in [3.05, 3.63) is 39.4 Å². The molecule has 1 rings (SSSR count). The molecule has 1 aromatic rings. The second-order valence-corrected chi connectivity index (χ2v) is 5.31. The molecule has 0 amide bonds. The summed E-state index contributed by atoms with van der Waals surface area (Å²) in [6, 6.07) is 5.04. The third-order valence-corrected chi connectivity index (χ3v) is 3.15. The molecule has 2 N–H and O–H groups in total. The molecule has 0 radical (unpaired) electrons. The van der Waals surface area contributed by atoms with Gasteiger partial charge in [-0.3, -0.25) is 15.5 Å². The Balaban J connectivity index is 2.75. The van der Waals surface area contributed by atoms with Crippen LogP contribution in [0.25, 0.3) is 0 Å². The lowest BCUT2D eigenvalue weighted by atomic mass is 10.1. The zero-order chi connectivity index (χ0) is 16.7. The molecule has 0 saturated heterocycles. The first-order valence-electron chi connectivity index (χ1n) is 6.70. The van der Waals surface area contributed by atoms with E-state index in [1.54, 1.807) is 33.1 Å². The van der Waals surface area contributed by atoms with Crippen molar-refractivity contribution in [2.45, 2.75) is 26.8 Å². The molecule has 0 aromatic heterocycles. The zero-order valence-electron chi connectivity index (χ0n) is 13.0. The van der Waals surface area contributed by atoms with Gasteiger partial charge in [-0.05, 0) is 33.0 Å². The van der Waals surface area contributed by atoms with Gasteiger partial charge in [0, 0.05) is 30.3 Å². The van der Waals surface area contributed by atoms with Gasteiger partial charge < -0.3 is 10.1 Å². The van der Waals surface area contributed by atoms with E-state index >= 15 is 0 Å². The number of methoxy groups -OCH3 is 1. The molecule has 1 aromatic carbocycles. The summed E-state index contributed by atoms with van der Waals surface area (Å²) in [6.45, 7) is 5.90. The lowest BCUT2D eigenvalue weighted by molar-refractivity contribution is -0.385. The topological polar surface area (TPSA) is 88.8 Å². The highest BCUT2D eigenvalue weighted by Crippen LogP contribution is 2.19. The molecule has 0 bridgehead atoms. The summed E-state index contributed by atoms with van der Waals surface area (Å²) in [7, 11) is 1.61. The lowest BCUT2D eigenvalue weighted by Gasteiger charge is -2.14. The normalized spacial score (nSPS) is 12.6. The Bertz CT molecular complexity index is 589.